The van der Waals surface area contributed by atoms with Gasteiger partial charge in [0.2, 0.25) is 0 Å². The maximum atomic E-state index is 4.54. The van der Waals surface area contributed by atoms with Gasteiger partial charge in [0.05, 0.1) is 0 Å². The normalized spacial score (nSPS) is 11.9. The Labute approximate surface area is 125 Å². The standard InChI is InChI=1S/C14H25BrN4/c1-6-7-12-17-11(15)8-13(18-12)16-9-14(2,3)10-19(4)5/h8H,6-7,9-10H2,1-5H3,(H,16,17,18). The molecular weight excluding hydrogens is 304 g/mol. The highest BCUT2D eigenvalue weighted by atomic mass is 79.9. The summed E-state index contributed by atoms with van der Waals surface area (Å²) in [5, 5.41) is 3.42. The number of aromatic nitrogens is 2. The number of anilines is 1. The minimum absolute atomic E-state index is 0.200. The summed E-state index contributed by atoms with van der Waals surface area (Å²) < 4.78 is 0.846. The molecule has 1 rings (SSSR count). The van der Waals surface area contributed by atoms with E-state index in [-0.39, 0.29) is 5.41 Å². The number of nitrogens with one attached hydrogen (secondary N) is 1. The van der Waals surface area contributed by atoms with E-state index in [0.29, 0.717) is 0 Å². The number of halogens is 1. The Hall–Kier alpha value is -0.680. The molecule has 0 saturated heterocycles. The zero-order valence-electron chi connectivity index (χ0n) is 12.6. The second-order valence-corrected chi connectivity index (χ2v) is 6.81. The SMILES string of the molecule is CCCc1nc(Br)cc(NCC(C)(C)CN(C)C)n1. The van der Waals surface area contributed by atoms with Gasteiger partial charge in [-0.3, -0.25) is 0 Å². The quantitative estimate of drug-likeness (QED) is 0.780. The van der Waals surface area contributed by atoms with E-state index in [9.17, 15) is 0 Å². The van der Waals surface area contributed by atoms with E-state index < -0.39 is 0 Å². The topological polar surface area (TPSA) is 41.1 Å². The first-order valence-electron chi connectivity index (χ1n) is 6.74. The number of hydrogen-bond acceptors (Lipinski definition) is 4. The summed E-state index contributed by atoms with van der Waals surface area (Å²) >= 11 is 3.44. The fraction of sp³-hybridized carbons (Fsp3) is 0.714. The molecule has 0 radical (unpaired) electrons. The third-order valence-corrected chi connectivity index (χ3v) is 3.11. The Morgan fingerprint density at radius 1 is 1.32 bits per heavy atom. The first-order chi connectivity index (χ1) is 8.82. The second-order valence-electron chi connectivity index (χ2n) is 6.00. The lowest BCUT2D eigenvalue weighted by atomic mass is 9.93. The molecule has 5 heteroatoms. The van der Waals surface area contributed by atoms with Gasteiger partial charge in [0.1, 0.15) is 16.2 Å². The molecule has 1 heterocycles. The van der Waals surface area contributed by atoms with E-state index in [0.717, 1.165) is 42.2 Å². The Bertz CT molecular complexity index is 404. The predicted molar refractivity (Wildman–Crippen MR) is 84.6 cm³/mol. The van der Waals surface area contributed by atoms with Crippen LogP contribution in [-0.2, 0) is 6.42 Å². The van der Waals surface area contributed by atoms with E-state index in [1.807, 2.05) is 6.07 Å². The largest absolute Gasteiger partial charge is 0.369 e. The molecule has 0 spiro atoms. The van der Waals surface area contributed by atoms with Crippen molar-refractivity contribution in [1.82, 2.24) is 14.9 Å². The minimum atomic E-state index is 0.200. The van der Waals surface area contributed by atoms with Gasteiger partial charge in [-0.05, 0) is 41.9 Å². The summed E-state index contributed by atoms with van der Waals surface area (Å²) in [4.78, 5) is 11.1. The van der Waals surface area contributed by atoms with Crippen LogP contribution >= 0.6 is 15.9 Å². The van der Waals surface area contributed by atoms with Crippen molar-refractivity contribution in [2.24, 2.45) is 5.41 Å². The minimum Gasteiger partial charge on any atom is -0.369 e. The molecule has 0 fully saturated rings. The number of nitrogens with zero attached hydrogens (tertiary/aromatic N) is 3. The van der Waals surface area contributed by atoms with Crippen LogP contribution < -0.4 is 5.32 Å². The summed E-state index contributed by atoms with van der Waals surface area (Å²) in [6, 6.07) is 1.94. The smallest absolute Gasteiger partial charge is 0.132 e. The zero-order chi connectivity index (χ0) is 14.5. The average Bonchev–Trinajstić information content (AvgIpc) is 2.24. The van der Waals surface area contributed by atoms with Gasteiger partial charge in [-0.1, -0.05) is 20.8 Å². The van der Waals surface area contributed by atoms with Crippen molar-refractivity contribution >= 4 is 21.7 Å². The molecule has 0 atom stereocenters. The van der Waals surface area contributed by atoms with E-state index in [2.05, 4.69) is 71.0 Å². The van der Waals surface area contributed by atoms with Gasteiger partial charge in [0.25, 0.3) is 0 Å². The molecule has 19 heavy (non-hydrogen) atoms. The van der Waals surface area contributed by atoms with Crippen LogP contribution in [0.15, 0.2) is 10.7 Å². The van der Waals surface area contributed by atoms with Crippen LogP contribution in [0.4, 0.5) is 5.82 Å². The van der Waals surface area contributed by atoms with Gasteiger partial charge in [0, 0.05) is 25.6 Å². The Kier molecular flexibility index (Phi) is 6.20. The summed E-state index contributed by atoms with van der Waals surface area (Å²) in [5.41, 5.74) is 0.200. The first-order valence-corrected chi connectivity index (χ1v) is 7.54. The van der Waals surface area contributed by atoms with Crippen LogP contribution in [0.2, 0.25) is 0 Å². The van der Waals surface area contributed by atoms with Gasteiger partial charge in [-0.2, -0.15) is 0 Å². The van der Waals surface area contributed by atoms with Crippen LogP contribution in [0.3, 0.4) is 0 Å². The number of aryl methyl sites for hydroxylation is 1. The third kappa shape index (κ3) is 6.34. The lowest BCUT2D eigenvalue weighted by molar-refractivity contribution is 0.254. The summed E-state index contributed by atoms with van der Waals surface area (Å²) in [5.74, 6) is 1.79. The van der Waals surface area contributed by atoms with Crippen LogP contribution in [0.25, 0.3) is 0 Å². The van der Waals surface area contributed by atoms with E-state index in [1.165, 1.54) is 0 Å². The maximum absolute atomic E-state index is 4.54. The molecule has 4 nitrogen and oxygen atoms in total. The molecule has 0 aliphatic heterocycles. The third-order valence-electron chi connectivity index (χ3n) is 2.71. The molecule has 1 aromatic rings. The first kappa shape index (κ1) is 16.4. The Morgan fingerprint density at radius 3 is 2.58 bits per heavy atom. The maximum Gasteiger partial charge on any atom is 0.132 e. The van der Waals surface area contributed by atoms with Gasteiger partial charge < -0.3 is 10.2 Å². The molecule has 0 bridgehead atoms. The molecule has 0 unspecified atom stereocenters. The molecule has 0 saturated carbocycles. The van der Waals surface area contributed by atoms with E-state index in [4.69, 9.17) is 0 Å². The summed E-state index contributed by atoms with van der Waals surface area (Å²) in [6.45, 7) is 8.57. The van der Waals surface area contributed by atoms with Crippen molar-refractivity contribution in [2.75, 3.05) is 32.5 Å². The van der Waals surface area contributed by atoms with Crippen molar-refractivity contribution in [3.63, 3.8) is 0 Å². The zero-order valence-corrected chi connectivity index (χ0v) is 14.2. The van der Waals surface area contributed by atoms with Gasteiger partial charge >= 0.3 is 0 Å². The van der Waals surface area contributed by atoms with Crippen molar-refractivity contribution in [3.05, 3.63) is 16.5 Å². The molecule has 0 aliphatic carbocycles. The molecule has 0 aromatic carbocycles. The molecule has 1 aromatic heterocycles. The Morgan fingerprint density at radius 2 is 2.00 bits per heavy atom. The number of rotatable bonds is 7. The Balaban J connectivity index is 2.66. The monoisotopic (exact) mass is 328 g/mol. The van der Waals surface area contributed by atoms with E-state index >= 15 is 0 Å². The average molecular weight is 329 g/mol. The van der Waals surface area contributed by atoms with Crippen LogP contribution in [0.5, 0.6) is 0 Å². The van der Waals surface area contributed by atoms with E-state index in [1.54, 1.807) is 0 Å². The van der Waals surface area contributed by atoms with Crippen molar-refractivity contribution < 1.29 is 0 Å². The molecule has 0 aliphatic rings. The summed E-state index contributed by atoms with van der Waals surface area (Å²) in [7, 11) is 4.20. The molecule has 108 valence electrons. The molecule has 1 N–H and O–H groups in total. The van der Waals surface area contributed by atoms with Gasteiger partial charge in [-0.15, -0.1) is 0 Å². The van der Waals surface area contributed by atoms with Gasteiger partial charge in [-0.25, -0.2) is 9.97 Å². The van der Waals surface area contributed by atoms with Crippen molar-refractivity contribution in [3.8, 4) is 0 Å². The van der Waals surface area contributed by atoms with Crippen LogP contribution in [0, 0.1) is 5.41 Å². The fourth-order valence-electron chi connectivity index (χ4n) is 2.13. The van der Waals surface area contributed by atoms with Crippen molar-refractivity contribution in [1.29, 1.82) is 0 Å². The van der Waals surface area contributed by atoms with Gasteiger partial charge in [0.15, 0.2) is 0 Å². The lowest BCUT2D eigenvalue weighted by Crippen LogP contribution is -2.34. The fourth-order valence-corrected chi connectivity index (χ4v) is 2.55. The molecular formula is C14H25BrN4. The lowest BCUT2D eigenvalue weighted by Gasteiger charge is -2.28. The highest BCUT2D eigenvalue weighted by Gasteiger charge is 2.19. The second kappa shape index (κ2) is 7.20. The predicted octanol–water partition coefficient (Wildman–Crippen LogP) is 3.19. The summed E-state index contributed by atoms with van der Waals surface area (Å²) in [6.07, 6.45) is 1.97. The highest BCUT2D eigenvalue weighted by molar-refractivity contribution is 9.10. The number of hydrogen-bond donors (Lipinski definition) is 1. The highest BCUT2D eigenvalue weighted by Crippen LogP contribution is 2.18. The molecule has 0 amide bonds. The van der Waals surface area contributed by atoms with Crippen LogP contribution in [0.1, 0.15) is 33.0 Å². The van der Waals surface area contributed by atoms with Crippen molar-refractivity contribution in [2.45, 2.75) is 33.6 Å². The van der Waals surface area contributed by atoms with Crippen LogP contribution in [-0.4, -0.2) is 42.1 Å².